The molecule has 55 heavy (non-hydrogen) atoms. The maximum atomic E-state index is 12.7. The SMILES string of the molecule is CCCCCCCCCC/C=C\CCCCCCCCCCCCCCCC(=O)OC(COCCCCCCCCCC)COP(=O)([O-])OCC[N+](C)(C)C. The summed E-state index contributed by atoms with van der Waals surface area (Å²) in [5.41, 5.74) is 0. The molecular weight excluding hydrogens is 709 g/mol. The number of esters is 1. The van der Waals surface area contributed by atoms with Crippen molar-refractivity contribution in [2.75, 3.05) is 54.1 Å². The van der Waals surface area contributed by atoms with Crippen LogP contribution in [0, 0.1) is 0 Å². The van der Waals surface area contributed by atoms with Crippen molar-refractivity contribution >= 4 is 13.8 Å². The molecule has 0 radical (unpaired) electrons. The van der Waals surface area contributed by atoms with E-state index >= 15 is 0 Å². The Kier molecular flexibility index (Phi) is 39.5. The number of hydrogen-bond acceptors (Lipinski definition) is 7. The lowest BCUT2D eigenvalue weighted by atomic mass is 10.0. The third-order valence-electron chi connectivity index (χ3n) is 10.3. The van der Waals surface area contributed by atoms with Crippen molar-refractivity contribution in [3.05, 3.63) is 12.2 Å². The minimum Gasteiger partial charge on any atom is -0.756 e. The third kappa shape index (κ3) is 44.2. The molecule has 0 bridgehead atoms. The van der Waals surface area contributed by atoms with Crippen molar-refractivity contribution in [3.63, 3.8) is 0 Å². The highest BCUT2D eigenvalue weighted by Gasteiger charge is 2.20. The summed E-state index contributed by atoms with van der Waals surface area (Å²) in [4.78, 5) is 25.0. The first-order valence-corrected chi connectivity index (χ1v) is 24.9. The molecule has 0 heterocycles. The quantitative estimate of drug-likeness (QED) is 0.0199. The number of quaternary nitrogens is 1. The van der Waals surface area contributed by atoms with E-state index in [9.17, 15) is 14.3 Å². The normalized spacial score (nSPS) is 13.8. The van der Waals surface area contributed by atoms with Crippen LogP contribution in [-0.4, -0.2) is 70.7 Å². The summed E-state index contributed by atoms with van der Waals surface area (Å²) in [7, 11) is 1.37. The predicted octanol–water partition coefficient (Wildman–Crippen LogP) is 13.2. The van der Waals surface area contributed by atoms with Crippen molar-refractivity contribution in [1.82, 2.24) is 0 Å². The highest BCUT2D eigenvalue weighted by atomic mass is 31.2. The van der Waals surface area contributed by atoms with E-state index in [1.807, 2.05) is 21.1 Å². The van der Waals surface area contributed by atoms with Gasteiger partial charge in [-0.25, -0.2) is 0 Å². The Morgan fingerprint density at radius 2 is 0.945 bits per heavy atom. The van der Waals surface area contributed by atoms with Gasteiger partial charge >= 0.3 is 5.97 Å². The van der Waals surface area contributed by atoms with Gasteiger partial charge in [0.2, 0.25) is 0 Å². The van der Waals surface area contributed by atoms with E-state index in [-0.39, 0.29) is 25.8 Å². The Hall–Kier alpha value is -0.760. The van der Waals surface area contributed by atoms with Gasteiger partial charge in [-0.3, -0.25) is 9.36 Å². The standard InChI is InChI=1S/C46H92NO7P/c1-6-8-10-12-14-16-17-18-19-20-21-22-23-24-25-26-27-28-29-30-31-32-33-35-37-39-46(48)54-45(43-51-41-38-36-34-15-13-11-9-7-2)44-53-55(49,50)52-42-40-47(3,4)5/h20-21,45H,6-19,22-44H2,1-5H3/b21-20-. The van der Waals surface area contributed by atoms with Crippen molar-refractivity contribution in [2.24, 2.45) is 0 Å². The number of likely N-dealkylation sites (N-methyl/N-ethyl adjacent to an activating group) is 1. The van der Waals surface area contributed by atoms with Crippen LogP contribution < -0.4 is 4.89 Å². The molecule has 0 aliphatic rings. The monoisotopic (exact) mass is 802 g/mol. The van der Waals surface area contributed by atoms with E-state index in [2.05, 4.69) is 26.0 Å². The maximum Gasteiger partial charge on any atom is 0.306 e. The number of carbonyl (C=O) groups excluding carboxylic acids is 1. The minimum absolute atomic E-state index is 0.0293. The van der Waals surface area contributed by atoms with Crippen LogP contribution in [-0.2, 0) is 27.9 Å². The molecule has 9 heteroatoms. The number of ether oxygens (including phenoxy) is 2. The van der Waals surface area contributed by atoms with E-state index in [1.54, 1.807) is 0 Å². The van der Waals surface area contributed by atoms with E-state index in [1.165, 1.54) is 167 Å². The molecule has 0 aromatic heterocycles. The third-order valence-corrected chi connectivity index (χ3v) is 11.3. The van der Waals surface area contributed by atoms with Gasteiger partial charge in [-0.2, -0.15) is 0 Å². The molecule has 0 saturated heterocycles. The fourth-order valence-corrected chi connectivity index (χ4v) is 7.39. The van der Waals surface area contributed by atoms with E-state index < -0.39 is 13.9 Å². The first-order chi connectivity index (χ1) is 26.6. The predicted molar refractivity (Wildman–Crippen MR) is 231 cm³/mol. The molecule has 0 spiro atoms. The Morgan fingerprint density at radius 3 is 1.38 bits per heavy atom. The van der Waals surface area contributed by atoms with E-state index in [0.717, 1.165) is 32.1 Å². The van der Waals surface area contributed by atoms with Crippen molar-refractivity contribution < 1.29 is 37.3 Å². The second kappa shape index (κ2) is 40.0. The fraction of sp³-hybridized carbons (Fsp3) is 0.935. The zero-order chi connectivity index (χ0) is 40.6. The molecule has 328 valence electrons. The highest BCUT2D eigenvalue weighted by Crippen LogP contribution is 2.38. The van der Waals surface area contributed by atoms with Crippen LogP contribution in [0.1, 0.15) is 219 Å². The number of unbranched alkanes of at least 4 members (excludes halogenated alkanes) is 28. The Balaban J connectivity index is 3.97. The van der Waals surface area contributed by atoms with Crippen LogP contribution in [0.5, 0.6) is 0 Å². The van der Waals surface area contributed by atoms with Crippen LogP contribution >= 0.6 is 7.82 Å². The zero-order valence-corrected chi connectivity index (χ0v) is 38.0. The molecular formula is C46H92NO7P. The summed E-state index contributed by atoms with van der Waals surface area (Å²) in [6.45, 7) is 5.42. The summed E-state index contributed by atoms with van der Waals surface area (Å²) in [5, 5.41) is 0. The average Bonchev–Trinajstić information content (AvgIpc) is 3.13. The Labute approximate surface area is 341 Å². The zero-order valence-electron chi connectivity index (χ0n) is 37.1. The number of hydrogen-bond donors (Lipinski definition) is 0. The van der Waals surface area contributed by atoms with Crippen molar-refractivity contribution in [3.8, 4) is 0 Å². The fourth-order valence-electron chi connectivity index (χ4n) is 6.66. The molecule has 0 aliphatic heterocycles. The summed E-state index contributed by atoms with van der Waals surface area (Å²) < 4.78 is 34.5. The second-order valence-corrected chi connectivity index (χ2v) is 18.5. The van der Waals surface area contributed by atoms with Gasteiger partial charge in [-0.1, -0.05) is 187 Å². The minimum atomic E-state index is -4.51. The summed E-state index contributed by atoms with van der Waals surface area (Å²) in [5.74, 6) is -0.332. The molecule has 8 nitrogen and oxygen atoms in total. The lowest BCUT2D eigenvalue weighted by Gasteiger charge is -2.28. The summed E-state index contributed by atoms with van der Waals surface area (Å²) in [6.07, 6.45) is 43.9. The number of carbonyl (C=O) groups is 1. The van der Waals surface area contributed by atoms with Crippen LogP contribution in [0.15, 0.2) is 12.2 Å². The molecule has 0 N–H and O–H groups in total. The number of allylic oxidation sites excluding steroid dienone is 2. The van der Waals surface area contributed by atoms with Crippen LogP contribution in [0.2, 0.25) is 0 Å². The first-order valence-electron chi connectivity index (χ1n) is 23.4. The highest BCUT2D eigenvalue weighted by molar-refractivity contribution is 7.45. The van der Waals surface area contributed by atoms with Gasteiger partial charge in [-0.05, 0) is 38.5 Å². The first kappa shape index (κ1) is 54.2. The van der Waals surface area contributed by atoms with Gasteiger partial charge < -0.3 is 27.9 Å². The molecule has 0 aromatic carbocycles. The van der Waals surface area contributed by atoms with Gasteiger partial charge in [0.05, 0.1) is 34.4 Å². The van der Waals surface area contributed by atoms with Crippen molar-refractivity contribution in [2.45, 2.75) is 225 Å². The molecule has 0 saturated carbocycles. The molecule has 0 fully saturated rings. The maximum absolute atomic E-state index is 12.7. The summed E-state index contributed by atoms with van der Waals surface area (Å²) in [6, 6.07) is 0. The average molecular weight is 802 g/mol. The van der Waals surface area contributed by atoms with Crippen molar-refractivity contribution in [1.29, 1.82) is 0 Å². The molecule has 2 atom stereocenters. The van der Waals surface area contributed by atoms with Crippen LogP contribution in [0.4, 0.5) is 0 Å². The van der Waals surface area contributed by atoms with Crippen LogP contribution in [0.25, 0.3) is 0 Å². The number of phosphoric ester groups is 1. The number of rotatable bonds is 44. The lowest BCUT2D eigenvalue weighted by molar-refractivity contribution is -0.870. The number of phosphoric acid groups is 1. The van der Waals surface area contributed by atoms with Gasteiger partial charge in [0.25, 0.3) is 7.82 Å². The van der Waals surface area contributed by atoms with Gasteiger partial charge in [-0.15, -0.1) is 0 Å². The number of nitrogens with zero attached hydrogens (tertiary/aromatic N) is 1. The van der Waals surface area contributed by atoms with E-state index in [0.29, 0.717) is 24.1 Å². The largest absolute Gasteiger partial charge is 0.756 e. The molecule has 0 aliphatic carbocycles. The second-order valence-electron chi connectivity index (χ2n) is 17.1. The van der Waals surface area contributed by atoms with E-state index in [4.69, 9.17) is 18.5 Å². The summed E-state index contributed by atoms with van der Waals surface area (Å²) >= 11 is 0. The topological polar surface area (TPSA) is 94.1 Å². The van der Waals surface area contributed by atoms with Crippen LogP contribution in [0.3, 0.4) is 0 Å². The Bertz CT molecular complexity index is 894. The van der Waals surface area contributed by atoms with Gasteiger partial charge in [0.1, 0.15) is 19.3 Å². The molecule has 2 unspecified atom stereocenters. The van der Waals surface area contributed by atoms with Gasteiger partial charge in [0.15, 0.2) is 0 Å². The molecule has 0 amide bonds. The molecule has 0 rings (SSSR count). The smallest absolute Gasteiger partial charge is 0.306 e. The van der Waals surface area contributed by atoms with Gasteiger partial charge in [0, 0.05) is 13.0 Å². The molecule has 0 aromatic rings. The lowest BCUT2D eigenvalue weighted by Crippen LogP contribution is -2.37. The Morgan fingerprint density at radius 1 is 0.545 bits per heavy atom.